The Morgan fingerprint density at radius 3 is 1.48 bits per heavy atom. The normalized spacial score (nSPS) is 13.8. The highest BCUT2D eigenvalue weighted by Gasteiger charge is 2.25. The number of furan rings is 1. The molecule has 2 heterocycles. The van der Waals surface area contributed by atoms with Crippen LogP contribution in [0.1, 0.15) is 17.9 Å². The zero-order valence-corrected chi connectivity index (χ0v) is 36.1. The molecule has 0 radical (unpaired) electrons. The first kappa shape index (κ1) is 37.0. The van der Waals surface area contributed by atoms with Crippen LogP contribution in [0.25, 0.3) is 127 Å². The van der Waals surface area contributed by atoms with E-state index in [0.29, 0.717) is 0 Å². The summed E-state index contributed by atoms with van der Waals surface area (Å²) in [6, 6.07) is 80.0. The number of fused-ring (bicyclic) bond motifs is 10. The van der Waals surface area contributed by atoms with Gasteiger partial charge in [-0.1, -0.05) is 200 Å². The number of nitrogens with zero attached hydrogens (tertiary/aromatic N) is 1. The van der Waals surface area contributed by atoms with Gasteiger partial charge >= 0.3 is 0 Å². The molecule has 0 aliphatic heterocycles. The van der Waals surface area contributed by atoms with Crippen molar-refractivity contribution in [2.24, 2.45) is 0 Å². The second-order valence-corrected chi connectivity index (χ2v) is 17.8. The van der Waals surface area contributed by atoms with E-state index in [2.05, 4.69) is 235 Å². The van der Waals surface area contributed by atoms with E-state index in [9.17, 15) is 0 Å². The van der Waals surface area contributed by atoms with Gasteiger partial charge in [0.1, 0.15) is 11.0 Å². The molecule has 13 aromatic rings. The van der Waals surface area contributed by atoms with Gasteiger partial charge < -0.3 is 8.98 Å². The minimum atomic E-state index is 0.165. The van der Waals surface area contributed by atoms with E-state index in [1.807, 2.05) is 0 Å². The molecule has 66 heavy (non-hydrogen) atoms. The van der Waals surface area contributed by atoms with Gasteiger partial charge in [0, 0.05) is 44.1 Å². The van der Waals surface area contributed by atoms with Crippen molar-refractivity contribution in [1.82, 2.24) is 4.57 Å². The largest absolute Gasteiger partial charge is 0.456 e. The lowest BCUT2D eigenvalue weighted by molar-refractivity contribution is 0.571. The van der Waals surface area contributed by atoms with Crippen molar-refractivity contribution in [3.8, 4) is 39.1 Å². The van der Waals surface area contributed by atoms with Gasteiger partial charge in [-0.25, -0.2) is 0 Å². The molecule has 0 saturated carbocycles. The molecule has 14 rings (SSSR count). The molecule has 1 aliphatic rings. The Kier molecular flexibility index (Phi) is 8.14. The van der Waals surface area contributed by atoms with Crippen molar-refractivity contribution in [3.05, 3.63) is 235 Å². The van der Waals surface area contributed by atoms with E-state index in [0.717, 1.165) is 34.1 Å². The van der Waals surface area contributed by atoms with Crippen LogP contribution in [0.15, 0.2) is 223 Å². The number of para-hydroxylation sites is 3. The highest BCUT2D eigenvalue weighted by molar-refractivity contribution is 6.27. The zero-order chi connectivity index (χ0) is 43.3. The van der Waals surface area contributed by atoms with E-state index in [1.54, 1.807) is 0 Å². The predicted octanol–water partition coefficient (Wildman–Crippen LogP) is 15.9. The fourth-order valence-electron chi connectivity index (χ4n) is 11.7. The lowest BCUT2D eigenvalue weighted by Crippen LogP contribution is -2.25. The molecule has 11 aromatic carbocycles. The number of benzene rings is 11. The minimum Gasteiger partial charge on any atom is -0.456 e. The quantitative estimate of drug-likeness (QED) is 0.158. The molecule has 1 unspecified atom stereocenters. The summed E-state index contributed by atoms with van der Waals surface area (Å²) >= 11 is 0. The molecule has 0 spiro atoms. The van der Waals surface area contributed by atoms with Crippen LogP contribution in [0.4, 0.5) is 0 Å². The van der Waals surface area contributed by atoms with Gasteiger partial charge in [0.2, 0.25) is 0 Å². The van der Waals surface area contributed by atoms with Crippen LogP contribution in [-0.2, 0) is 0 Å². The average molecular weight is 840 g/mol. The van der Waals surface area contributed by atoms with Crippen LogP contribution in [0.3, 0.4) is 0 Å². The van der Waals surface area contributed by atoms with E-state index >= 15 is 0 Å². The Hall–Kier alpha value is -8.46. The monoisotopic (exact) mass is 839 g/mol. The van der Waals surface area contributed by atoms with Gasteiger partial charge in [-0.3, -0.25) is 0 Å². The molecule has 308 valence electrons. The van der Waals surface area contributed by atoms with Crippen molar-refractivity contribution in [3.63, 3.8) is 0 Å². The maximum atomic E-state index is 7.09. The number of hydrogen-bond acceptors (Lipinski definition) is 1. The maximum absolute atomic E-state index is 7.09. The van der Waals surface area contributed by atoms with Gasteiger partial charge in [0.25, 0.3) is 0 Å². The molecule has 0 saturated heterocycles. The molecule has 0 amide bonds. The summed E-state index contributed by atoms with van der Waals surface area (Å²) in [7, 11) is 0. The molecular weight excluding hydrogens is 799 g/mol. The molecule has 1 aliphatic carbocycles. The smallest absolute Gasteiger partial charge is 0.143 e. The second-order valence-electron chi connectivity index (χ2n) is 17.8. The minimum absolute atomic E-state index is 0.165. The maximum Gasteiger partial charge on any atom is 0.143 e. The first-order valence-corrected chi connectivity index (χ1v) is 23.0. The Labute approximate surface area is 381 Å². The van der Waals surface area contributed by atoms with Crippen LogP contribution < -0.4 is 10.6 Å². The van der Waals surface area contributed by atoms with Crippen molar-refractivity contribution in [2.45, 2.75) is 12.3 Å². The summed E-state index contributed by atoms with van der Waals surface area (Å²) in [6.07, 6.45) is 5.69. The summed E-state index contributed by atoms with van der Waals surface area (Å²) < 4.78 is 9.50. The molecule has 0 N–H and O–H groups in total. The number of rotatable bonds is 5. The molecule has 1 atom stereocenters. The van der Waals surface area contributed by atoms with Crippen molar-refractivity contribution >= 4 is 88.0 Å². The third kappa shape index (κ3) is 5.36. The van der Waals surface area contributed by atoms with E-state index in [1.165, 1.54) is 103 Å². The van der Waals surface area contributed by atoms with Crippen LogP contribution >= 0.6 is 0 Å². The third-order valence-corrected chi connectivity index (χ3v) is 14.3. The summed E-state index contributed by atoms with van der Waals surface area (Å²) in [5.41, 5.74) is 14.1. The zero-order valence-electron chi connectivity index (χ0n) is 36.1. The van der Waals surface area contributed by atoms with E-state index < -0.39 is 0 Å². The van der Waals surface area contributed by atoms with Crippen molar-refractivity contribution in [2.75, 3.05) is 0 Å². The molecule has 0 bridgehead atoms. The first-order valence-electron chi connectivity index (χ1n) is 23.0. The molecular formula is C64H41NO. The SMILES string of the molecule is C1=c2oc3c(-c4c5ccccc5c(-c5cccc6c5c5ccccc5n6-c5ccccc5)c5ccccc45)cccc3c2=CC(c2c3ccccc3c(-c3ccccc3)c3ccccc23)C1. The number of aromatic nitrogens is 1. The van der Waals surface area contributed by atoms with E-state index in [4.69, 9.17) is 4.42 Å². The van der Waals surface area contributed by atoms with Gasteiger partial charge in [-0.15, -0.1) is 0 Å². The first-order chi connectivity index (χ1) is 32.8. The third-order valence-electron chi connectivity index (χ3n) is 14.3. The lowest BCUT2D eigenvalue weighted by atomic mass is 9.81. The van der Waals surface area contributed by atoms with Crippen LogP contribution in [0.2, 0.25) is 0 Å². The fraction of sp³-hybridized carbons (Fsp3) is 0.0312. The summed E-state index contributed by atoms with van der Waals surface area (Å²) in [5, 5.41) is 14.9. The predicted molar refractivity (Wildman–Crippen MR) is 279 cm³/mol. The van der Waals surface area contributed by atoms with Crippen molar-refractivity contribution < 1.29 is 4.42 Å². The van der Waals surface area contributed by atoms with Crippen LogP contribution in [-0.4, -0.2) is 4.57 Å². The van der Waals surface area contributed by atoms with E-state index in [-0.39, 0.29) is 5.92 Å². The Morgan fingerprint density at radius 1 is 0.379 bits per heavy atom. The average Bonchev–Trinajstić information content (AvgIpc) is 3.94. The Balaban J connectivity index is 0.999. The summed E-state index contributed by atoms with van der Waals surface area (Å²) in [5.74, 6) is 0.165. The van der Waals surface area contributed by atoms with Crippen LogP contribution in [0, 0.1) is 0 Å². The Morgan fingerprint density at radius 2 is 0.848 bits per heavy atom. The summed E-state index contributed by atoms with van der Waals surface area (Å²) in [6.45, 7) is 0. The van der Waals surface area contributed by atoms with Crippen LogP contribution in [0.5, 0.6) is 0 Å². The summed E-state index contributed by atoms with van der Waals surface area (Å²) in [4.78, 5) is 0. The second kappa shape index (κ2) is 14.5. The van der Waals surface area contributed by atoms with Gasteiger partial charge in [0.15, 0.2) is 0 Å². The Bertz CT molecular complexity index is 4140. The molecule has 2 heteroatoms. The topological polar surface area (TPSA) is 18.1 Å². The fourth-order valence-corrected chi connectivity index (χ4v) is 11.7. The van der Waals surface area contributed by atoms with Gasteiger partial charge in [-0.2, -0.15) is 0 Å². The lowest BCUT2D eigenvalue weighted by Gasteiger charge is -2.22. The molecule has 2 nitrogen and oxygen atoms in total. The van der Waals surface area contributed by atoms with Crippen molar-refractivity contribution in [1.29, 1.82) is 0 Å². The standard InChI is InChI=1S/C64H41NO/c1-3-19-40(20-4-1)59-43-23-7-9-25-45(43)60(46-26-10-8-24-44(46)59)41-37-38-58-55(39-41)51-32-17-34-54(64(51)66-58)62-49-29-13-11-27-47(49)61(48-28-12-14-30-50(48)62)53-33-18-36-57-63(53)52-31-15-16-35-56(52)65(57)42-21-5-2-6-22-42/h1-36,38-39,41H,37H2. The van der Waals surface area contributed by atoms with Gasteiger partial charge in [-0.05, 0) is 108 Å². The molecule has 0 fully saturated rings. The van der Waals surface area contributed by atoms with Gasteiger partial charge in [0.05, 0.1) is 11.0 Å². The highest BCUT2D eigenvalue weighted by atomic mass is 16.3. The highest BCUT2D eigenvalue weighted by Crippen LogP contribution is 2.49. The number of hydrogen-bond donors (Lipinski definition) is 0. The molecule has 2 aromatic heterocycles.